The summed E-state index contributed by atoms with van der Waals surface area (Å²) in [7, 11) is 0. The van der Waals surface area contributed by atoms with Crippen LogP contribution in [0.15, 0.2) is 0 Å². The molecule has 67 heavy (non-hydrogen) atoms. The Morgan fingerprint density at radius 1 is 0.313 bits per heavy atom. The Morgan fingerprint density at radius 2 is 0.567 bits per heavy atom. The van der Waals surface area contributed by atoms with Gasteiger partial charge in [0.25, 0.3) is 0 Å². The van der Waals surface area contributed by atoms with E-state index in [9.17, 15) is 14.4 Å². The standard InChI is InChI=1S/C61H118O6/c1-6-8-9-10-11-12-13-14-15-21-24-27-30-36-41-46-51-59(62)65-54-58(67-61(64)53-48-43-38-33-32-34-39-44-49-56(3)4)55-66-60(63)52-47-42-37-31-28-25-22-19-17-16-18-20-23-26-29-35-40-45-50-57(5)7-2/h56-58H,6-55H2,1-5H3/t57?,58-/m0/s1. The lowest BCUT2D eigenvalue weighted by molar-refractivity contribution is -0.167. The lowest BCUT2D eigenvalue weighted by atomic mass is 9.99. The molecule has 0 rings (SSSR count). The van der Waals surface area contributed by atoms with Crippen molar-refractivity contribution in [2.45, 2.75) is 349 Å². The fourth-order valence-corrected chi connectivity index (χ4v) is 9.37. The van der Waals surface area contributed by atoms with Crippen molar-refractivity contribution in [2.75, 3.05) is 13.2 Å². The summed E-state index contributed by atoms with van der Waals surface area (Å²) in [6.07, 6.45) is 58.2. The number of unbranched alkanes of at least 4 members (excludes halogenated alkanes) is 39. The van der Waals surface area contributed by atoms with Crippen LogP contribution < -0.4 is 0 Å². The van der Waals surface area contributed by atoms with Gasteiger partial charge in [0.2, 0.25) is 0 Å². The first-order valence-corrected chi connectivity index (χ1v) is 30.3. The molecule has 0 aromatic rings. The van der Waals surface area contributed by atoms with Crippen LogP contribution in [0.5, 0.6) is 0 Å². The van der Waals surface area contributed by atoms with E-state index < -0.39 is 6.10 Å². The van der Waals surface area contributed by atoms with Gasteiger partial charge >= 0.3 is 17.9 Å². The highest BCUT2D eigenvalue weighted by molar-refractivity contribution is 5.71. The second-order valence-corrected chi connectivity index (χ2v) is 21.7. The summed E-state index contributed by atoms with van der Waals surface area (Å²) < 4.78 is 16.9. The van der Waals surface area contributed by atoms with Gasteiger partial charge in [-0.05, 0) is 31.1 Å². The van der Waals surface area contributed by atoms with E-state index in [0.29, 0.717) is 19.3 Å². The van der Waals surface area contributed by atoms with Crippen molar-refractivity contribution in [1.29, 1.82) is 0 Å². The van der Waals surface area contributed by atoms with Gasteiger partial charge in [0.05, 0.1) is 0 Å². The molecule has 0 amide bonds. The van der Waals surface area contributed by atoms with Crippen LogP contribution in [0.4, 0.5) is 0 Å². The third-order valence-corrected chi connectivity index (χ3v) is 14.3. The average Bonchev–Trinajstić information content (AvgIpc) is 3.31. The molecule has 2 atom stereocenters. The van der Waals surface area contributed by atoms with Gasteiger partial charge in [0.15, 0.2) is 6.10 Å². The minimum Gasteiger partial charge on any atom is -0.462 e. The normalized spacial score (nSPS) is 12.4. The maximum absolute atomic E-state index is 12.8. The van der Waals surface area contributed by atoms with Gasteiger partial charge in [0, 0.05) is 19.3 Å². The van der Waals surface area contributed by atoms with Crippen LogP contribution in [0.25, 0.3) is 0 Å². The van der Waals surface area contributed by atoms with Crippen LogP contribution in [0, 0.1) is 11.8 Å². The lowest BCUT2D eigenvalue weighted by Gasteiger charge is -2.18. The second-order valence-electron chi connectivity index (χ2n) is 21.7. The molecule has 0 heterocycles. The Labute approximate surface area is 418 Å². The third-order valence-electron chi connectivity index (χ3n) is 14.3. The highest BCUT2D eigenvalue weighted by Gasteiger charge is 2.19. The molecule has 0 radical (unpaired) electrons. The maximum Gasteiger partial charge on any atom is 0.306 e. The molecule has 0 bridgehead atoms. The predicted octanol–water partition coefficient (Wildman–Crippen LogP) is 20.0. The van der Waals surface area contributed by atoms with E-state index in [1.54, 1.807) is 0 Å². The van der Waals surface area contributed by atoms with Crippen LogP contribution in [0.3, 0.4) is 0 Å². The Balaban J connectivity index is 4.20. The summed E-state index contributed by atoms with van der Waals surface area (Å²) in [5, 5.41) is 0. The molecule has 0 saturated heterocycles. The van der Waals surface area contributed by atoms with E-state index in [1.807, 2.05) is 0 Å². The monoisotopic (exact) mass is 947 g/mol. The lowest BCUT2D eigenvalue weighted by Crippen LogP contribution is -2.30. The van der Waals surface area contributed by atoms with Gasteiger partial charge in [-0.2, -0.15) is 0 Å². The molecule has 1 unspecified atom stereocenters. The number of carbonyl (C=O) groups is 3. The van der Waals surface area contributed by atoms with Crippen molar-refractivity contribution in [3.8, 4) is 0 Å². The molecule has 0 aromatic heterocycles. The fourth-order valence-electron chi connectivity index (χ4n) is 9.37. The van der Waals surface area contributed by atoms with E-state index in [1.165, 1.54) is 231 Å². The molecule has 0 fully saturated rings. The smallest absolute Gasteiger partial charge is 0.306 e. The largest absolute Gasteiger partial charge is 0.462 e. The number of hydrogen-bond donors (Lipinski definition) is 0. The van der Waals surface area contributed by atoms with Crippen LogP contribution >= 0.6 is 0 Å². The minimum atomic E-state index is -0.763. The van der Waals surface area contributed by atoms with Crippen LogP contribution in [-0.4, -0.2) is 37.2 Å². The number of carbonyl (C=O) groups excluding carboxylic acids is 3. The molecule has 0 N–H and O–H groups in total. The zero-order valence-corrected chi connectivity index (χ0v) is 46.0. The Morgan fingerprint density at radius 3 is 0.851 bits per heavy atom. The number of hydrogen-bond acceptors (Lipinski definition) is 6. The SMILES string of the molecule is CCCCCCCCCCCCCCCCCCC(=O)OC[C@@H](COC(=O)CCCCCCCCCCCCCCCCCCCCC(C)CC)OC(=O)CCCCCCCCCCC(C)C. The van der Waals surface area contributed by atoms with E-state index >= 15 is 0 Å². The molecular formula is C61H118O6. The summed E-state index contributed by atoms with van der Waals surface area (Å²) in [5.41, 5.74) is 0. The van der Waals surface area contributed by atoms with E-state index in [4.69, 9.17) is 14.2 Å². The van der Waals surface area contributed by atoms with Crippen molar-refractivity contribution in [3.63, 3.8) is 0 Å². The van der Waals surface area contributed by atoms with Gasteiger partial charge in [-0.1, -0.05) is 304 Å². The highest BCUT2D eigenvalue weighted by Crippen LogP contribution is 2.19. The summed E-state index contributed by atoms with van der Waals surface area (Å²) in [6, 6.07) is 0. The van der Waals surface area contributed by atoms with Crippen molar-refractivity contribution in [3.05, 3.63) is 0 Å². The highest BCUT2D eigenvalue weighted by atomic mass is 16.6. The molecule has 0 spiro atoms. The van der Waals surface area contributed by atoms with Crippen molar-refractivity contribution < 1.29 is 28.6 Å². The zero-order valence-electron chi connectivity index (χ0n) is 46.0. The molecule has 0 aromatic carbocycles. The van der Waals surface area contributed by atoms with Crippen molar-refractivity contribution in [1.82, 2.24) is 0 Å². The predicted molar refractivity (Wildman–Crippen MR) is 289 cm³/mol. The van der Waals surface area contributed by atoms with Crippen LogP contribution in [0.1, 0.15) is 343 Å². The molecule has 0 aliphatic heterocycles. The van der Waals surface area contributed by atoms with E-state index in [-0.39, 0.29) is 31.1 Å². The fraction of sp³-hybridized carbons (Fsp3) is 0.951. The average molecular weight is 948 g/mol. The van der Waals surface area contributed by atoms with Gasteiger partial charge in [-0.3, -0.25) is 14.4 Å². The summed E-state index contributed by atoms with van der Waals surface area (Å²) >= 11 is 0. The first kappa shape index (κ1) is 65.4. The quantitative estimate of drug-likeness (QED) is 0.0343. The van der Waals surface area contributed by atoms with Crippen molar-refractivity contribution >= 4 is 17.9 Å². The summed E-state index contributed by atoms with van der Waals surface area (Å²) in [5.74, 6) is 0.864. The number of rotatable bonds is 55. The van der Waals surface area contributed by atoms with Crippen LogP contribution in [-0.2, 0) is 28.6 Å². The zero-order chi connectivity index (χ0) is 48.9. The number of ether oxygens (including phenoxy) is 3. The van der Waals surface area contributed by atoms with Gasteiger partial charge in [0.1, 0.15) is 13.2 Å². The van der Waals surface area contributed by atoms with Gasteiger partial charge in [-0.15, -0.1) is 0 Å². The Bertz CT molecular complexity index is 1030. The van der Waals surface area contributed by atoms with Gasteiger partial charge in [-0.25, -0.2) is 0 Å². The van der Waals surface area contributed by atoms with Crippen LogP contribution in [0.2, 0.25) is 0 Å². The van der Waals surface area contributed by atoms with Crippen molar-refractivity contribution in [2.24, 2.45) is 11.8 Å². The molecule has 0 aliphatic carbocycles. The second kappa shape index (κ2) is 53.8. The van der Waals surface area contributed by atoms with E-state index in [2.05, 4.69) is 34.6 Å². The molecule has 0 aliphatic rings. The Kier molecular flexibility index (Phi) is 52.5. The summed E-state index contributed by atoms with van der Waals surface area (Å²) in [6.45, 7) is 11.4. The first-order valence-electron chi connectivity index (χ1n) is 30.3. The molecule has 6 heteroatoms. The molecule has 6 nitrogen and oxygen atoms in total. The molecular weight excluding hydrogens is 829 g/mol. The first-order chi connectivity index (χ1) is 32.8. The van der Waals surface area contributed by atoms with Gasteiger partial charge < -0.3 is 14.2 Å². The molecule has 0 saturated carbocycles. The summed E-state index contributed by atoms with van der Waals surface area (Å²) in [4.78, 5) is 38.1. The third kappa shape index (κ3) is 53.6. The number of esters is 3. The maximum atomic E-state index is 12.8. The van der Waals surface area contributed by atoms with E-state index in [0.717, 1.165) is 69.6 Å². The Hall–Kier alpha value is -1.59. The topological polar surface area (TPSA) is 78.9 Å². The molecule has 398 valence electrons. The minimum absolute atomic E-state index is 0.0630.